The van der Waals surface area contributed by atoms with Crippen LogP contribution in [-0.4, -0.2) is 42.8 Å². The summed E-state index contributed by atoms with van der Waals surface area (Å²) in [7, 11) is 5.90. The Labute approximate surface area is 137 Å². The van der Waals surface area contributed by atoms with Gasteiger partial charge in [-0.25, -0.2) is 14.6 Å². The molecule has 0 saturated carbocycles. The van der Waals surface area contributed by atoms with E-state index in [0.717, 1.165) is 11.0 Å². The van der Waals surface area contributed by atoms with E-state index in [9.17, 15) is 9.59 Å². The molecule has 0 aliphatic carbocycles. The third-order valence-electron chi connectivity index (χ3n) is 4.00. The molecule has 0 fully saturated rings. The Morgan fingerprint density at radius 1 is 0.958 bits per heavy atom. The van der Waals surface area contributed by atoms with Crippen molar-refractivity contribution in [3.63, 3.8) is 0 Å². The molecule has 0 aliphatic rings. The van der Waals surface area contributed by atoms with Gasteiger partial charge in [0.2, 0.25) is 5.88 Å². The molecule has 0 saturated heterocycles. The Bertz CT molecular complexity index is 974. The summed E-state index contributed by atoms with van der Waals surface area (Å²) < 4.78 is 16.7. The van der Waals surface area contributed by atoms with E-state index in [0.29, 0.717) is 16.8 Å². The Kier molecular flexibility index (Phi) is 3.84. The summed E-state index contributed by atoms with van der Waals surface area (Å²) in [6, 6.07) is 6.89. The number of carbonyl (C=O) groups excluding carboxylic acids is 2. The summed E-state index contributed by atoms with van der Waals surface area (Å²) in [5.74, 6) is -0.829. The van der Waals surface area contributed by atoms with Crippen LogP contribution in [0.2, 0.25) is 0 Å². The molecule has 7 nitrogen and oxygen atoms in total. The molecule has 124 valence electrons. The molecule has 3 aromatic rings. The van der Waals surface area contributed by atoms with Gasteiger partial charge in [0.15, 0.2) is 0 Å². The highest BCUT2D eigenvalue weighted by atomic mass is 16.5. The number of hydrogen-bond donors (Lipinski definition) is 0. The van der Waals surface area contributed by atoms with Crippen molar-refractivity contribution in [3.05, 3.63) is 35.4 Å². The molecular formula is C17H16N2O5. The highest BCUT2D eigenvalue weighted by molar-refractivity contribution is 6.20. The summed E-state index contributed by atoms with van der Waals surface area (Å²) in [5.41, 5.74) is 2.37. The number of nitrogens with zero attached hydrogens (tertiary/aromatic N) is 2. The number of carbonyl (C=O) groups is 2. The van der Waals surface area contributed by atoms with Gasteiger partial charge in [0.25, 0.3) is 0 Å². The number of pyridine rings is 1. The quantitative estimate of drug-likeness (QED) is 0.687. The summed E-state index contributed by atoms with van der Waals surface area (Å²) in [5, 5.41) is 0.529. The minimum atomic E-state index is -0.627. The number of fused-ring (bicyclic) bond motifs is 3. The maximum Gasteiger partial charge on any atom is 0.339 e. The van der Waals surface area contributed by atoms with Crippen LogP contribution in [0.3, 0.4) is 0 Å². The number of methoxy groups -OCH3 is 3. The van der Waals surface area contributed by atoms with Gasteiger partial charge in [-0.05, 0) is 18.2 Å². The van der Waals surface area contributed by atoms with Crippen LogP contribution in [0.4, 0.5) is 0 Å². The number of hydrogen-bond acceptors (Lipinski definition) is 6. The van der Waals surface area contributed by atoms with Gasteiger partial charge >= 0.3 is 11.9 Å². The number of aromatic nitrogens is 2. The first kappa shape index (κ1) is 15.8. The van der Waals surface area contributed by atoms with E-state index in [2.05, 4.69) is 4.98 Å². The molecule has 7 heteroatoms. The highest BCUT2D eigenvalue weighted by Gasteiger charge is 2.25. The average Bonchev–Trinajstić information content (AvgIpc) is 2.91. The first-order valence-corrected chi connectivity index (χ1v) is 7.16. The second-order valence-electron chi connectivity index (χ2n) is 5.15. The summed E-state index contributed by atoms with van der Waals surface area (Å²) in [4.78, 5) is 28.9. The van der Waals surface area contributed by atoms with E-state index in [1.165, 1.54) is 21.3 Å². The monoisotopic (exact) mass is 328 g/mol. The van der Waals surface area contributed by atoms with Crippen molar-refractivity contribution in [2.75, 3.05) is 21.3 Å². The van der Waals surface area contributed by atoms with Crippen LogP contribution in [-0.2, 0) is 16.5 Å². The second kappa shape index (κ2) is 5.84. The Hall–Kier alpha value is -3.09. The largest absolute Gasteiger partial charge is 0.481 e. The molecule has 0 amide bonds. The van der Waals surface area contributed by atoms with Crippen LogP contribution < -0.4 is 4.74 Å². The lowest BCUT2D eigenvalue weighted by atomic mass is 10.0. The highest BCUT2D eigenvalue weighted by Crippen LogP contribution is 2.33. The smallest absolute Gasteiger partial charge is 0.339 e. The Morgan fingerprint density at radius 3 is 2.25 bits per heavy atom. The van der Waals surface area contributed by atoms with Gasteiger partial charge < -0.3 is 18.8 Å². The minimum absolute atomic E-state index is 0.133. The fourth-order valence-electron chi connectivity index (χ4n) is 2.84. The minimum Gasteiger partial charge on any atom is -0.481 e. The molecule has 0 bridgehead atoms. The van der Waals surface area contributed by atoms with Crippen molar-refractivity contribution in [1.29, 1.82) is 0 Å². The lowest BCUT2D eigenvalue weighted by Gasteiger charge is -2.08. The summed E-state index contributed by atoms with van der Waals surface area (Å²) in [6.07, 6.45) is 0. The first-order valence-electron chi connectivity index (χ1n) is 7.16. The van der Waals surface area contributed by atoms with Gasteiger partial charge in [-0.3, -0.25) is 0 Å². The molecule has 0 radical (unpaired) electrons. The van der Waals surface area contributed by atoms with Gasteiger partial charge in [0, 0.05) is 18.5 Å². The van der Waals surface area contributed by atoms with E-state index in [4.69, 9.17) is 14.2 Å². The fourth-order valence-corrected chi connectivity index (χ4v) is 2.84. The van der Waals surface area contributed by atoms with Gasteiger partial charge in [-0.2, -0.15) is 0 Å². The molecule has 0 aliphatic heterocycles. The molecule has 24 heavy (non-hydrogen) atoms. The number of ether oxygens (including phenoxy) is 3. The Morgan fingerprint density at radius 2 is 1.62 bits per heavy atom. The second-order valence-corrected chi connectivity index (χ2v) is 5.15. The van der Waals surface area contributed by atoms with E-state index in [1.54, 1.807) is 18.2 Å². The van der Waals surface area contributed by atoms with Gasteiger partial charge in [-0.1, -0.05) is 0 Å². The molecule has 0 spiro atoms. The zero-order valence-corrected chi connectivity index (χ0v) is 13.7. The van der Waals surface area contributed by atoms with Crippen LogP contribution in [0.5, 0.6) is 5.88 Å². The maximum absolute atomic E-state index is 12.4. The van der Waals surface area contributed by atoms with Crippen LogP contribution in [0.1, 0.15) is 20.7 Å². The van der Waals surface area contributed by atoms with Crippen LogP contribution in [0.15, 0.2) is 24.3 Å². The van der Waals surface area contributed by atoms with Crippen molar-refractivity contribution in [2.45, 2.75) is 0 Å². The van der Waals surface area contributed by atoms with E-state index in [-0.39, 0.29) is 11.1 Å². The molecule has 0 unspecified atom stereocenters. The summed E-state index contributed by atoms with van der Waals surface area (Å²) in [6.45, 7) is 0. The zero-order valence-electron chi connectivity index (χ0n) is 13.7. The third kappa shape index (κ3) is 2.17. The number of rotatable bonds is 3. The molecule has 1 aromatic carbocycles. The predicted octanol–water partition coefficient (Wildman–Crippen LogP) is 2.31. The average molecular weight is 328 g/mol. The molecule has 2 heterocycles. The number of esters is 2. The van der Waals surface area contributed by atoms with Crippen molar-refractivity contribution >= 4 is 33.9 Å². The molecule has 3 rings (SSSR count). The van der Waals surface area contributed by atoms with Crippen molar-refractivity contribution < 1.29 is 23.8 Å². The van der Waals surface area contributed by atoms with Gasteiger partial charge in [-0.15, -0.1) is 0 Å². The standard InChI is InChI=1S/C17H16N2O5/c1-19-10-6-5-9(16(20)23-3)13(17(21)24-4)14(10)15-11(19)7-8-12(18-15)22-2/h5-8H,1-4H3. The molecular weight excluding hydrogens is 312 g/mol. The molecule has 2 aromatic heterocycles. The lowest BCUT2D eigenvalue weighted by molar-refractivity contribution is 0.0557. The van der Waals surface area contributed by atoms with Gasteiger partial charge in [0.05, 0.1) is 43.5 Å². The maximum atomic E-state index is 12.4. The van der Waals surface area contributed by atoms with Crippen molar-refractivity contribution in [3.8, 4) is 5.88 Å². The summed E-state index contributed by atoms with van der Waals surface area (Å²) >= 11 is 0. The topological polar surface area (TPSA) is 79.7 Å². The normalized spacial score (nSPS) is 10.8. The van der Waals surface area contributed by atoms with E-state index in [1.807, 2.05) is 17.7 Å². The van der Waals surface area contributed by atoms with Crippen LogP contribution in [0, 0.1) is 0 Å². The van der Waals surface area contributed by atoms with Crippen LogP contribution in [0.25, 0.3) is 21.9 Å². The van der Waals surface area contributed by atoms with Gasteiger partial charge in [0.1, 0.15) is 5.52 Å². The van der Waals surface area contributed by atoms with Crippen molar-refractivity contribution in [2.24, 2.45) is 7.05 Å². The van der Waals surface area contributed by atoms with Crippen molar-refractivity contribution in [1.82, 2.24) is 9.55 Å². The fraction of sp³-hybridized carbons (Fsp3) is 0.235. The number of benzene rings is 1. The first-order chi connectivity index (χ1) is 11.5. The van der Waals surface area contributed by atoms with E-state index < -0.39 is 11.9 Å². The molecule has 0 atom stereocenters. The number of aryl methyl sites for hydroxylation is 1. The zero-order chi connectivity index (χ0) is 17.4. The Balaban J connectivity index is 2.53. The third-order valence-corrected chi connectivity index (χ3v) is 4.00. The lowest BCUT2D eigenvalue weighted by Crippen LogP contribution is -2.12. The van der Waals surface area contributed by atoms with E-state index >= 15 is 0 Å². The molecule has 0 N–H and O–H groups in total. The predicted molar refractivity (Wildman–Crippen MR) is 87.5 cm³/mol. The van der Waals surface area contributed by atoms with Crippen LogP contribution >= 0.6 is 0 Å². The SMILES string of the molecule is COC(=O)c1ccc2c(c1C(=O)OC)c1nc(OC)ccc1n2C.